The molecule has 0 saturated heterocycles. The number of alkyl halides is 3. The number of benzene rings is 1. The Morgan fingerprint density at radius 1 is 1.14 bits per heavy atom. The van der Waals surface area contributed by atoms with Crippen LogP contribution in [-0.4, -0.2) is 42.1 Å². The van der Waals surface area contributed by atoms with E-state index in [1.54, 1.807) is 18.5 Å². The minimum atomic E-state index is -4.44. The van der Waals surface area contributed by atoms with E-state index in [2.05, 4.69) is 57.8 Å². The van der Waals surface area contributed by atoms with Gasteiger partial charge in [0.15, 0.2) is 5.54 Å². The maximum absolute atomic E-state index is 13.9. The van der Waals surface area contributed by atoms with Crippen molar-refractivity contribution in [2.45, 2.75) is 51.4 Å². The van der Waals surface area contributed by atoms with Crippen molar-refractivity contribution in [2.75, 3.05) is 17.2 Å². The van der Waals surface area contributed by atoms with E-state index in [0.29, 0.717) is 50.7 Å². The minimum absolute atomic E-state index is 0.0444. The van der Waals surface area contributed by atoms with E-state index in [1.807, 2.05) is 28.8 Å². The number of anilines is 2. The maximum atomic E-state index is 13.9. The normalized spacial score (nSPS) is 15.5. The molecule has 4 aromatic heterocycles. The first-order valence-electron chi connectivity index (χ1n) is 13.3. The van der Waals surface area contributed by atoms with Crippen LogP contribution in [0, 0.1) is 16.7 Å². The van der Waals surface area contributed by atoms with E-state index in [1.165, 1.54) is 12.4 Å². The molecule has 1 aliphatic rings. The third kappa shape index (κ3) is 4.98. The number of pyridine rings is 2. The van der Waals surface area contributed by atoms with Gasteiger partial charge in [-0.15, -0.1) is 5.10 Å². The zero-order valence-electron chi connectivity index (χ0n) is 23.0. The molecule has 1 saturated carbocycles. The molecule has 1 fully saturated rings. The predicted molar refractivity (Wildman–Crippen MR) is 153 cm³/mol. The van der Waals surface area contributed by atoms with E-state index in [4.69, 9.17) is 11.6 Å². The molecule has 1 aliphatic carbocycles. The number of hydrogen-bond donors (Lipinski definition) is 2. The number of aromatic nitrogens is 6. The summed E-state index contributed by atoms with van der Waals surface area (Å²) in [5.74, 6) is 0. The maximum Gasteiger partial charge on any atom is 0.413 e. The highest BCUT2D eigenvalue weighted by molar-refractivity contribution is 6.35. The van der Waals surface area contributed by atoms with Gasteiger partial charge in [0.1, 0.15) is 17.4 Å². The monoisotopic (exact) mass is 593 g/mol. The van der Waals surface area contributed by atoms with Gasteiger partial charge in [-0.05, 0) is 42.0 Å². The van der Waals surface area contributed by atoms with Crippen LogP contribution < -0.4 is 10.6 Å². The standard InChI is InChI=1S/C29H27ClF3N9/c1-27(2,3)16-37-24-18(12-34)13-36-26-20(24)10-19(11-21(26)30)38-25(17-4-5-23-35-8-9-41(23)14-17)22-15-42(40-39-22)28(6-7-28)29(31,32)33/h4-5,8-11,13-15,25,38H,6-7,16H2,1-3H3,(H,36,37)/t25-/m0/s1. The fraction of sp³-hybridized carbons (Fsp3) is 0.345. The Kier molecular flexibility index (Phi) is 6.53. The first kappa shape index (κ1) is 27.8. The summed E-state index contributed by atoms with van der Waals surface area (Å²) < 4.78 is 44.3. The lowest BCUT2D eigenvalue weighted by atomic mass is 9.96. The summed E-state index contributed by atoms with van der Waals surface area (Å²) in [6.07, 6.45) is 3.59. The highest BCUT2D eigenvalue weighted by Crippen LogP contribution is 2.55. The second kappa shape index (κ2) is 9.87. The molecule has 13 heteroatoms. The summed E-state index contributed by atoms with van der Waals surface area (Å²) in [5.41, 5.74) is 1.68. The Balaban J connectivity index is 1.45. The first-order valence-corrected chi connectivity index (χ1v) is 13.7. The number of nitriles is 1. The Morgan fingerprint density at radius 2 is 1.93 bits per heavy atom. The highest BCUT2D eigenvalue weighted by atomic mass is 35.5. The van der Waals surface area contributed by atoms with Crippen LogP contribution in [0.15, 0.2) is 55.2 Å². The summed E-state index contributed by atoms with van der Waals surface area (Å²) in [4.78, 5) is 8.70. The Morgan fingerprint density at radius 3 is 2.62 bits per heavy atom. The molecule has 2 N–H and O–H groups in total. The molecular weight excluding hydrogens is 567 g/mol. The van der Waals surface area contributed by atoms with Crippen LogP contribution in [0.25, 0.3) is 16.6 Å². The van der Waals surface area contributed by atoms with Crippen molar-refractivity contribution in [3.8, 4) is 6.07 Å². The first-order chi connectivity index (χ1) is 19.9. The molecule has 1 aromatic carbocycles. The van der Waals surface area contributed by atoms with Gasteiger partial charge < -0.3 is 15.0 Å². The minimum Gasteiger partial charge on any atom is -0.383 e. The summed E-state index contributed by atoms with van der Waals surface area (Å²) in [5, 5.41) is 25.7. The molecule has 0 radical (unpaired) electrons. The van der Waals surface area contributed by atoms with Crippen molar-refractivity contribution in [2.24, 2.45) is 5.41 Å². The van der Waals surface area contributed by atoms with Gasteiger partial charge in [0.2, 0.25) is 0 Å². The van der Waals surface area contributed by atoms with Gasteiger partial charge in [-0.1, -0.05) is 43.7 Å². The molecule has 0 spiro atoms. The highest BCUT2D eigenvalue weighted by Gasteiger charge is 2.66. The Labute approximate surface area is 244 Å². The van der Waals surface area contributed by atoms with Gasteiger partial charge in [0.25, 0.3) is 0 Å². The third-order valence-electron chi connectivity index (χ3n) is 7.39. The zero-order chi connectivity index (χ0) is 29.9. The van der Waals surface area contributed by atoms with Gasteiger partial charge in [-0.25, -0.2) is 9.67 Å². The molecule has 0 unspecified atom stereocenters. The van der Waals surface area contributed by atoms with Gasteiger partial charge in [0.05, 0.1) is 34.0 Å². The van der Waals surface area contributed by atoms with Crippen molar-refractivity contribution in [1.29, 1.82) is 5.26 Å². The van der Waals surface area contributed by atoms with Crippen molar-refractivity contribution in [1.82, 2.24) is 29.4 Å². The smallest absolute Gasteiger partial charge is 0.383 e. The molecular formula is C29H27ClF3N9. The summed E-state index contributed by atoms with van der Waals surface area (Å²) in [6, 6.07) is 8.68. The van der Waals surface area contributed by atoms with Crippen LogP contribution >= 0.6 is 11.6 Å². The molecule has 5 aromatic rings. The fourth-order valence-electron chi connectivity index (χ4n) is 4.95. The van der Waals surface area contributed by atoms with Crippen LogP contribution in [0.2, 0.25) is 5.02 Å². The second-order valence-corrected chi connectivity index (χ2v) is 12.2. The van der Waals surface area contributed by atoms with Gasteiger partial charge >= 0.3 is 6.18 Å². The van der Waals surface area contributed by atoms with Crippen LogP contribution in [-0.2, 0) is 5.54 Å². The van der Waals surface area contributed by atoms with Gasteiger partial charge in [0, 0.05) is 42.4 Å². The zero-order valence-corrected chi connectivity index (χ0v) is 23.8. The van der Waals surface area contributed by atoms with Crippen LogP contribution in [0.5, 0.6) is 0 Å². The SMILES string of the molecule is CC(C)(C)CNc1c(C#N)cnc2c(Cl)cc(N[C@@H](c3ccc4nccn4c3)c3cn(C4(C(F)(F)F)CC4)nn3)cc12. The topological polar surface area (TPSA) is 109 Å². The largest absolute Gasteiger partial charge is 0.413 e. The predicted octanol–water partition coefficient (Wildman–Crippen LogP) is 6.71. The number of nitrogens with zero attached hydrogens (tertiary/aromatic N) is 7. The number of imidazole rings is 1. The molecule has 1 atom stereocenters. The van der Waals surface area contributed by atoms with Crippen molar-refractivity contribution >= 4 is 39.5 Å². The van der Waals surface area contributed by atoms with Crippen molar-refractivity contribution < 1.29 is 13.2 Å². The average Bonchev–Trinajstić information content (AvgIpc) is 3.39. The van der Waals surface area contributed by atoms with E-state index in [9.17, 15) is 18.4 Å². The molecule has 9 nitrogen and oxygen atoms in total. The Bertz CT molecular complexity index is 1840. The lowest BCUT2D eigenvalue weighted by Gasteiger charge is -2.22. The van der Waals surface area contributed by atoms with E-state index >= 15 is 0 Å². The van der Waals surface area contributed by atoms with Crippen LogP contribution in [0.1, 0.15) is 56.5 Å². The number of nitrogens with one attached hydrogen (secondary N) is 2. The lowest BCUT2D eigenvalue weighted by Crippen LogP contribution is -2.35. The third-order valence-corrected chi connectivity index (χ3v) is 7.68. The van der Waals surface area contributed by atoms with E-state index < -0.39 is 17.8 Å². The summed E-state index contributed by atoms with van der Waals surface area (Å²) in [6.45, 7) is 6.83. The average molecular weight is 594 g/mol. The molecule has 0 aliphatic heterocycles. The second-order valence-electron chi connectivity index (χ2n) is 11.8. The quantitative estimate of drug-likeness (QED) is 0.216. The summed E-state index contributed by atoms with van der Waals surface area (Å²) in [7, 11) is 0. The van der Waals surface area contributed by atoms with Crippen LogP contribution in [0.4, 0.5) is 24.5 Å². The van der Waals surface area contributed by atoms with Gasteiger partial charge in [-0.2, -0.15) is 18.4 Å². The number of fused-ring (bicyclic) bond motifs is 2. The summed E-state index contributed by atoms with van der Waals surface area (Å²) >= 11 is 6.70. The molecule has 42 heavy (non-hydrogen) atoms. The molecule has 4 heterocycles. The fourth-order valence-corrected chi connectivity index (χ4v) is 5.22. The molecule has 0 bridgehead atoms. The van der Waals surface area contributed by atoms with Crippen molar-refractivity contribution in [3.05, 3.63) is 77.1 Å². The number of rotatable bonds is 7. The molecule has 0 amide bonds. The van der Waals surface area contributed by atoms with E-state index in [-0.39, 0.29) is 18.3 Å². The number of hydrogen-bond acceptors (Lipinski definition) is 7. The lowest BCUT2D eigenvalue weighted by molar-refractivity contribution is -0.182. The number of halogens is 4. The molecule has 216 valence electrons. The van der Waals surface area contributed by atoms with Crippen molar-refractivity contribution in [3.63, 3.8) is 0 Å². The molecule has 6 rings (SSSR count). The van der Waals surface area contributed by atoms with E-state index in [0.717, 1.165) is 10.2 Å². The van der Waals surface area contributed by atoms with Crippen LogP contribution in [0.3, 0.4) is 0 Å². The Hall–Kier alpha value is -4.37. The van der Waals surface area contributed by atoms with Gasteiger partial charge in [-0.3, -0.25) is 4.98 Å².